The highest BCUT2D eigenvalue weighted by Gasteiger charge is 2.02. The Morgan fingerprint density at radius 3 is 2.42 bits per heavy atom. The fraction of sp³-hybridized carbons (Fsp3) is 0.222. The van der Waals surface area contributed by atoms with E-state index in [1.807, 2.05) is 0 Å². The van der Waals surface area contributed by atoms with Crippen LogP contribution < -0.4 is 0 Å². The second-order valence-corrected chi connectivity index (χ2v) is 2.13. The van der Waals surface area contributed by atoms with E-state index in [4.69, 9.17) is 5.11 Å². The molecule has 0 aromatic carbocycles. The average Bonchev–Trinajstić information content (AvgIpc) is 2.04. The zero-order valence-corrected chi connectivity index (χ0v) is 7.20. The lowest BCUT2D eigenvalue weighted by Gasteiger charge is -1.96. The third-order valence-electron chi connectivity index (χ3n) is 1.15. The van der Waals surface area contributed by atoms with Gasteiger partial charge in [-0.3, -0.25) is 0 Å². The SMILES string of the molecule is C=C/C(=C\C=C(/C)O)C(=O)OC. The molecule has 0 aliphatic carbocycles. The first kappa shape index (κ1) is 10.5. The van der Waals surface area contributed by atoms with Gasteiger partial charge in [0.05, 0.1) is 18.4 Å². The molecular formula is C9H12O3. The van der Waals surface area contributed by atoms with E-state index in [0.717, 1.165) is 0 Å². The van der Waals surface area contributed by atoms with Crippen molar-refractivity contribution in [1.82, 2.24) is 0 Å². The van der Waals surface area contributed by atoms with Crippen LogP contribution in [0.4, 0.5) is 0 Å². The Kier molecular flexibility index (Phi) is 4.53. The number of allylic oxidation sites excluding steroid dienone is 3. The van der Waals surface area contributed by atoms with Gasteiger partial charge < -0.3 is 9.84 Å². The monoisotopic (exact) mass is 168 g/mol. The third-order valence-corrected chi connectivity index (χ3v) is 1.15. The Bertz CT molecular complexity index is 232. The Morgan fingerprint density at radius 2 is 2.08 bits per heavy atom. The second-order valence-electron chi connectivity index (χ2n) is 2.13. The maximum atomic E-state index is 10.9. The highest BCUT2D eigenvalue weighted by atomic mass is 16.5. The molecule has 0 fully saturated rings. The molecule has 0 aromatic rings. The van der Waals surface area contributed by atoms with E-state index in [1.54, 1.807) is 0 Å². The highest BCUT2D eigenvalue weighted by molar-refractivity contribution is 5.91. The van der Waals surface area contributed by atoms with Crippen molar-refractivity contribution in [3.63, 3.8) is 0 Å². The number of aliphatic hydroxyl groups excluding tert-OH is 1. The van der Waals surface area contributed by atoms with Crippen molar-refractivity contribution >= 4 is 5.97 Å². The predicted molar refractivity (Wildman–Crippen MR) is 46.7 cm³/mol. The number of hydrogen-bond acceptors (Lipinski definition) is 3. The molecule has 0 saturated heterocycles. The normalized spacial score (nSPS) is 12.5. The molecule has 0 radical (unpaired) electrons. The molecule has 0 aliphatic rings. The van der Waals surface area contributed by atoms with E-state index >= 15 is 0 Å². The van der Waals surface area contributed by atoms with Crippen LogP contribution in [-0.4, -0.2) is 18.2 Å². The summed E-state index contributed by atoms with van der Waals surface area (Å²) in [6.07, 6.45) is 4.20. The molecule has 0 heterocycles. The van der Waals surface area contributed by atoms with Crippen LogP contribution in [0.25, 0.3) is 0 Å². The smallest absolute Gasteiger partial charge is 0.337 e. The van der Waals surface area contributed by atoms with E-state index in [2.05, 4.69) is 11.3 Å². The van der Waals surface area contributed by atoms with Gasteiger partial charge in [0, 0.05) is 0 Å². The molecule has 0 saturated carbocycles. The van der Waals surface area contributed by atoms with Crippen molar-refractivity contribution in [2.75, 3.05) is 7.11 Å². The first-order valence-electron chi connectivity index (χ1n) is 3.40. The minimum absolute atomic E-state index is 0.123. The Morgan fingerprint density at radius 1 is 1.50 bits per heavy atom. The van der Waals surface area contributed by atoms with Crippen LogP contribution in [-0.2, 0) is 9.53 Å². The Balaban J connectivity index is 4.55. The molecule has 0 bridgehead atoms. The summed E-state index contributed by atoms with van der Waals surface area (Å²) in [5.41, 5.74) is 0.311. The van der Waals surface area contributed by atoms with Crippen LogP contribution in [0.2, 0.25) is 0 Å². The molecule has 66 valence electrons. The molecule has 3 heteroatoms. The van der Waals surface area contributed by atoms with Crippen molar-refractivity contribution in [3.05, 3.63) is 36.1 Å². The van der Waals surface area contributed by atoms with Crippen molar-refractivity contribution in [2.24, 2.45) is 0 Å². The number of methoxy groups -OCH3 is 1. The summed E-state index contributed by atoms with van der Waals surface area (Å²) in [4.78, 5) is 10.9. The maximum absolute atomic E-state index is 10.9. The lowest BCUT2D eigenvalue weighted by Crippen LogP contribution is -2.01. The number of esters is 1. The van der Waals surface area contributed by atoms with Gasteiger partial charge in [-0.15, -0.1) is 0 Å². The van der Waals surface area contributed by atoms with Crippen molar-refractivity contribution < 1.29 is 14.6 Å². The molecule has 0 spiro atoms. The summed E-state index contributed by atoms with van der Waals surface area (Å²) < 4.78 is 4.45. The van der Waals surface area contributed by atoms with Gasteiger partial charge in [0.15, 0.2) is 0 Å². The number of carbonyl (C=O) groups excluding carboxylic acids is 1. The predicted octanol–water partition coefficient (Wildman–Crippen LogP) is 1.73. The van der Waals surface area contributed by atoms with Gasteiger partial charge in [0.2, 0.25) is 0 Å². The topological polar surface area (TPSA) is 46.5 Å². The van der Waals surface area contributed by atoms with Gasteiger partial charge in [-0.1, -0.05) is 12.7 Å². The summed E-state index contributed by atoms with van der Waals surface area (Å²) in [6.45, 7) is 4.94. The van der Waals surface area contributed by atoms with Gasteiger partial charge in [-0.05, 0) is 19.1 Å². The Hall–Kier alpha value is -1.51. The molecule has 12 heavy (non-hydrogen) atoms. The largest absolute Gasteiger partial charge is 0.513 e. The van der Waals surface area contributed by atoms with Crippen LogP contribution in [0.3, 0.4) is 0 Å². The van der Waals surface area contributed by atoms with E-state index in [1.165, 1.54) is 32.3 Å². The summed E-state index contributed by atoms with van der Waals surface area (Å²) in [5, 5.41) is 8.78. The van der Waals surface area contributed by atoms with Gasteiger partial charge in [0.25, 0.3) is 0 Å². The first-order valence-corrected chi connectivity index (χ1v) is 3.40. The minimum Gasteiger partial charge on any atom is -0.513 e. The van der Waals surface area contributed by atoms with E-state index in [-0.39, 0.29) is 5.76 Å². The lowest BCUT2D eigenvalue weighted by atomic mass is 10.2. The number of aliphatic hydroxyl groups is 1. The van der Waals surface area contributed by atoms with E-state index < -0.39 is 5.97 Å². The second kappa shape index (κ2) is 5.18. The van der Waals surface area contributed by atoms with E-state index in [0.29, 0.717) is 5.57 Å². The number of rotatable bonds is 3. The number of ether oxygens (including phenoxy) is 1. The minimum atomic E-state index is -0.470. The standard InChI is InChI=1S/C9H12O3/c1-4-8(9(11)12-3)6-5-7(2)10/h4-6,10H,1H2,2-3H3/b7-5+,8-6+. The van der Waals surface area contributed by atoms with Gasteiger partial charge >= 0.3 is 5.97 Å². The zero-order valence-electron chi connectivity index (χ0n) is 7.20. The van der Waals surface area contributed by atoms with Gasteiger partial charge in [0.1, 0.15) is 0 Å². The zero-order chi connectivity index (χ0) is 9.56. The summed E-state index contributed by atoms with van der Waals surface area (Å²) >= 11 is 0. The van der Waals surface area contributed by atoms with Crippen LogP contribution in [0.5, 0.6) is 0 Å². The summed E-state index contributed by atoms with van der Waals surface area (Å²) in [7, 11) is 1.29. The van der Waals surface area contributed by atoms with Crippen LogP contribution in [0.15, 0.2) is 36.1 Å². The van der Waals surface area contributed by atoms with Crippen molar-refractivity contribution in [2.45, 2.75) is 6.92 Å². The number of carbonyl (C=O) groups is 1. The van der Waals surface area contributed by atoms with E-state index in [9.17, 15) is 4.79 Å². The molecule has 0 unspecified atom stereocenters. The average molecular weight is 168 g/mol. The Labute approximate surface area is 71.7 Å². The fourth-order valence-electron chi connectivity index (χ4n) is 0.548. The summed E-state index contributed by atoms with van der Waals surface area (Å²) in [6, 6.07) is 0. The molecule has 0 aliphatic heterocycles. The van der Waals surface area contributed by atoms with Crippen LogP contribution in [0.1, 0.15) is 6.92 Å². The molecule has 0 rings (SSSR count). The van der Waals surface area contributed by atoms with Gasteiger partial charge in [-0.25, -0.2) is 4.79 Å². The van der Waals surface area contributed by atoms with Crippen molar-refractivity contribution in [1.29, 1.82) is 0 Å². The quantitative estimate of drug-likeness (QED) is 0.302. The molecule has 0 amide bonds. The molecule has 0 aromatic heterocycles. The summed E-state index contributed by atoms with van der Waals surface area (Å²) in [5.74, 6) is -0.347. The van der Waals surface area contributed by atoms with Crippen molar-refractivity contribution in [3.8, 4) is 0 Å². The third kappa shape index (κ3) is 3.61. The number of hydrogen-bond donors (Lipinski definition) is 1. The molecule has 0 atom stereocenters. The maximum Gasteiger partial charge on any atom is 0.337 e. The molecule has 3 nitrogen and oxygen atoms in total. The first-order chi connectivity index (χ1) is 5.61. The van der Waals surface area contributed by atoms with Gasteiger partial charge in [-0.2, -0.15) is 0 Å². The van der Waals surface area contributed by atoms with Crippen LogP contribution >= 0.6 is 0 Å². The molecule has 1 N–H and O–H groups in total. The lowest BCUT2D eigenvalue weighted by molar-refractivity contribution is -0.135. The van der Waals surface area contributed by atoms with Crippen LogP contribution in [0, 0.1) is 0 Å². The highest BCUT2D eigenvalue weighted by Crippen LogP contribution is 2.00. The fourth-order valence-corrected chi connectivity index (χ4v) is 0.548. The molecular weight excluding hydrogens is 156 g/mol.